The zero-order chi connectivity index (χ0) is 19.6. The number of hydrogen-bond acceptors (Lipinski definition) is 3. The summed E-state index contributed by atoms with van der Waals surface area (Å²) in [4.78, 5) is 18.2. The summed E-state index contributed by atoms with van der Waals surface area (Å²) >= 11 is 0. The van der Waals surface area contributed by atoms with Crippen LogP contribution in [0.1, 0.15) is 17.5 Å². The molecule has 0 aliphatic rings. The molecule has 0 atom stereocenters. The van der Waals surface area contributed by atoms with Crippen molar-refractivity contribution < 1.29 is 13.9 Å². The Morgan fingerprint density at radius 3 is 2.63 bits per heavy atom. The molecule has 0 bridgehead atoms. The largest absolute Gasteiger partial charge is 0.497 e. The highest BCUT2D eigenvalue weighted by Crippen LogP contribution is 2.28. The predicted octanol–water partition coefficient (Wildman–Crippen LogP) is 4.38. The first kappa shape index (κ1) is 18.8. The van der Waals surface area contributed by atoms with Gasteiger partial charge < -0.3 is 9.64 Å². The first-order valence-electron chi connectivity index (χ1n) is 8.83. The molecule has 0 fully saturated rings. The van der Waals surface area contributed by atoms with E-state index in [1.807, 2.05) is 31.2 Å². The highest BCUT2D eigenvalue weighted by atomic mass is 19.1. The highest BCUT2D eigenvalue weighted by Gasteiger charge is 2.10. The fourth-order valence-electron chi connectivity index (χ4n) is 3.05. The van der Waals surface area contributed by atoms with Crippen LogP contribution in [0.25, 0.3) is 22.2 Å². The Labute approximate surface area is 158 Å². The average Bonchev–Trinajstić information content (AvgIpc) is 2.65. The molecule has 0 radical (unpaired) electrons. The summed E-state index contributed by atoms with van der Waals surface area (Å²) in [6.07, 6.45) is 1.12. The van der Waals surface area contributed by atoms with Gasteiger partial charge in [0, 0.05) is 37.5 Å². The molecule has 4 nitrogen and oxygen atoms in total. The Bertz CT molecular complexity index is 999. The van der Waals surface area contributed by atoms with E-state index in [4.69, 9.17) is 9.72 Å². The van der Waals surface area contributed by atoms with E-state index >= 15 is 0 Å². The molecule has 3 aromatic rings. The van der Waals surface area contributed by atoms with Crippen LogP contribution in [0, 0.1) is 12.7 Å². The molecule has 1 heterocycles. The van der Waals surface area contributed by atoms with Gasteiger partial charge in [0.2, 0.25) is 5.91 Å². The molecule has 0 aliphatic carbocycles. The number of aromatic nitrogens is 1. The third kappa shape index (κ3) is 4.25. The average molecular weight is 366 g/mol. The van der Waals surface area contributed by atoms with Crippen LogP contribution in [0.3, 0.4) is 0 Å². The van der Waals surface area contributed by atoms with Crippen LogP contribution in [0.15, 0.2) is 42.5 Å². The smallest absolute Gasteiger partial charge is 0.222 e. The summed E-state index contributed by atoms with van der Waals surface area (Å²) in [6.45, 7) is 2.01. The maximum atomic E-state index is 13.9. The zero-order valence-corrected chi connectivity index (χ0v) is 16.0. The summed E-state index contributed by atoms with van der Waals surface area (Å²) in [7, 11) is 5.03. The summed E-state index contributed by atoms with van der Waals surface area (Å²) in [5.74, 6) is 0.195. The molecule has 27 heavy (non-hydrogen) atoms. The van der Waals surface area contributed by atoms with Crippen LogP contribution in [-0.4, -0.2) is 37.0 Å². The van der Waals surface area contributed by atoms with Crippen molar-refractivity contribution in [2.45, 2.75) is 19.8 Å². The number of pyridine rings is 1. The minimum Gasteiger partial charge on any atom is -0.497 e. The van der Waals surface area contributed by atoms with Crippen molar-refractivity contribution in [1.82, 2.24) is 9.88 Å². The van der Waals surface area contributed by atoms with Gasteiger partial charge in [0.15, 0.2) is 0 Å². The number of aryl methyl sites for hydroxylation is 2. The fourth-order valence-corrected chi connectivity index (χ4v) is 3.05. The monoisotopic (exact) mass is 366 g/mol. The van der Waals surface area contributed by atoms with Crippen LogP contribution in [0.2, 0.25) is 0 Å². The molecule has 0 spiro atoms. The number of methoxy groups -OCH3 is 1. The van der Waals surface area contributed by atoms with Gasteiger partial charge in [-0.2, -0.15) is 0 Å². The molecular formula is C22H23FN2O2. The van der Waals surface area contributed by atoms with Crippen molar-refractivity contribution in [1.29, 1.82) is 0 Å². The maximum absolute atomic E-state index is 13.9. The van der Waals surface area contributed by atoms with Crippen molar-refractivity contribution in [3.05, 3.63) is 59.4 Å². The van der Waals surface area contributed by atoms with Gasteiger partial charge >= 0.3 is 0 Å². The minimum atomic E-state index is -0.361. The molecule has 1 aromatic heterocycles. The van der Waals surface area contributed by atoms with Crippen molar-refractivity contribution in [3.8, 4) is 17.0 Å². The Morgan fingerprint density at radius 1 is 1.15 bits per heavy atom. The molecule has 0 aliphatic heterocycles. The molecule has 0 N–H and O–H groups in total. The minimum absolute atomic E-state index is 0.0971. The first-order valence-corrected chi connectivity index (χ1v) is 8.83. The molecule has 3 rings (SSSR count). The Balaban J connectivity index is 1.99. The van der Waals surface area contributed by atoms with Gasteiger partial charge in [0.05, 0.1) is 18.3 Å². The fraction of sp³-hybridized carbons (Fsp3) is 0.273. The van der Waals surface area contributed by atoms with Gasteiger partial charge in [-0.3, -0.25) is 4.79 Å². The van der Waals surface area contributed by atoms with Crippen molar-refractivity contribution in [2.24, 2.45) is 0 Å². The van der Waals surface area contributed by atoms with E-state index in [-0.39, 0.29) is 11.7 Å². The molecule has 0 saturated heterocycles. The van der Waals surface area contributed by atoms with E-state index in [1.165, 1.54) is 19.2 Å². The lowest BCUT2D eigenvalue weighted by atomic mass is 10.0. The van der Waals surface area contributed by atoms with Gasteiger partial charge in [-0.15, -0.1) is 0 Å². The van der Waals surface area contributed by atoms with Crippen LogP contribution in [0.5, 0.6) is 5.75 Å². The molecular weight excluding hydrogens is 343 g/mol. The number of hydrogen-bond donors (Lipinski definition) is 0. The molecule has 2 aromatic carbocycles. The van der Waals surface area contributed by atoms with Crippen molar-refractivity contribution >= 4 is 16.8 Å². The second-order valence-corrected chi connectivity index (χ2v) is 6.84. The summed E-state index contributed by atoms with van der Waals surface area (Å²) in [5.41, 5.74) is 4.32. The van der Waals surface area contributed by atoms with E-state index in [2.05, 4.69) is 0 Å². The van der Waals surface area contributed by atoms with E-state index in [0.29, 0.717) is 29.8 Å². The quantitative estimate of drug-likeness (QED) is 0.673. The number of carbonyl (C=O) groups is 1. The number of fused-ring (bicyclic) bond motifs is 1. The van der Waals surface area contributed by atoms with Crippen LogP contribution in [-0.2, 0) is 11.2 Å². The summed E-state index contributed by atoms with van der Waals surface area (Å²) < 4.78 is 19.0. The number of amides is 1. The second kappa shape index (κ2) is 7.74. The Kier molecular flexibility index (Phi) is 5.40. The number of carbonyl (C=O) groups excluding carboxylic acids is 1. The second-order valence-electron chi connectivity index (χ2n) is 6.84. The lowest BCUT2D eigenvalue weighted by Gasteiger charge is -2.11. The van der Waals surface area contributed by atoms with E-state index in [0.717, 1.165) is 22.0 Å². The Morgan fingerprint density at radius 2 is 1.93 bits per heavy atom. The number of ether oxygens (including phenoxy) is 1. The van der Waals surface area contributed by atoms with Gasteiger partial charge in [-0.25, -0.2) is 9.37 Å². The molecule has 0 unspecified atom stereocenters. The van der Waals surface area contributed by atoms with Crippen LogP contribution >= 0.6 is 0 Å². The summed E-state index contributed by atoms with van der Waals surface area (Å²) in [5, 5.41) is 1.05. The van der Waals surface area contributed by atoms with Gasteiger partial charge in [0.1, 0.15) is 11.6 Å². The lowest BCUT2D eigenvalue weighted by molar-refractivity contribution is -0.128. The van der Waals surface area contributed by atoms with Crippen LogP contribution < -0.4 is 4.74 Å². The highest BCUT2D eigenvalue weighted by molar-refractivity contribution is 5.86. The molecule has 0 saturated carbocycles. The third-order valence-corrected chi connectivity index (χ3v) is 4.61. The normalized spacial score (nSPS) is 10.9. The van der Waals surface area contributed by atoms with E-state index in [1.54, 1.807) is 25.1 Å². The number of benzene rings is 2. The summed E-state index contributed by atoms with van der Waals surface area (Å²) in [6, 6.07) is 12.6. The Hall–Kier alpha value is -2.95. The van der Waals surface area contributed by atoms with Gasteiger partial charge in [-0.1, -0.05) is 12.1 Å². The number of rotatable bonds is 5. The van der Waals surface area contributed by atoms with Gasteiger partial charge in [-0.05, 0) is 48.7 Å². The van der Waals surface area contributed by atoms with Crippen molar-refractivity contribution in [2.75, 3.05) is 21.2 Å². The van der Waals surface area contributed by atoms with Gasteiger partial charge in [0.25, 0.3) is 0 Å². The number of halogens is 1. The SMILES string of the molecule is COc1cc(F)cc(-c2cc(C)c3ccc(CCC(=O)N(C)C)cc3n2)c1. The topological polar surface area (TPSA) is 42.4 Å². The number of nitrogens with zero attached hydrogens (tertiary/aromatic N) is 2. The maximum Gasteiger partial charge on any atom is 0.222 e. The molecule has 1 amide bonds. The van der Waals surface area contributed by atoms with E-state index in [9.17, 15) is 9.18 Å². The van der Waals surface area contributed by atoms with Crippen LogP contribution in [0.4, 0.5) is 4.39 Å². The zero-order valence-electron chi connectivity index (χ0n) is 16.0. The standard InChI is InChI=1S/C22H23FN2O2/c1-14-9-20(16-11-17(23)13-18(12-16)27-4)24-21-10-15(5-7-19(14)21)6-8-22(26)25(2)3/h5,7,9-13H,6,8H2,1-4H3. The first-order chi connectivity index (χ1) is 12.9. The van der Waals surface area contributed by atoms with Crippen molar-refractivity contribution in [3.63, 3.8) is 0 Å². The molecule has 5 heteroatoms. The lowest BCUT2D eigenvalue weighted by Crippen LogP contribution is -2.21. The van der Waals surface area contributed by atoms with E-state index < -0.39 is 0 Å². The predicted molar refractivity (Wildman–Crippen MR) is 105 cm³/mol. The third-order valence-electron chi connectivity index (χ3n) is 4.61. The molecule has 140 valence electrons.